The molecule has 0 amide bonds. The number of benzene rings is 1. The maximum absolute atomic E-state index is 13.0. The van der Waals surface area contributed by atoms with Crippen LogP contribution in [0.2, 0.25) is 0 Å². The summed E-state index contributed by atoms with van der Waals surface area (Å²) in [5.41, 5.74) is 0. The van der Waals surface area contributed by atoms with Crippen LogP contribution in [0.5, 0.6) is 0 Å². The molecule has 1 aromatic rings. The van der Waals surface area contributed by atoms with Gasteiger partial charge < -0.3 is 4.74 Å². The van der Waals surface area contributed by atoms with Crippen molar-refractivity contribution < 1.29 is 21.6 Å². The van der Waals surface area contributed by atoms with Gasteiger partial charge in [-0.2, -0.15) is 9.57 Å². The molecular weight excluding hydrogens is 426 g/mol. The van der Waals surface area contributed by atoms with Gasteiger partial charge in [-0.15, -0.1) is 0 Å². The number of nitriles is 1. The van der Waals surface area contributed by atoms with Gasteiger partial charge in [0.25, 0.3) is 0 Å². The summed E-state index contributed by atoms with van der Waals surface area (Å²) >= 11 is 0. The molecule has 0 saturated heterocycles. The van der Waals surface area contributed by atoms with Crippen molar-refractivity contribution in [2.45, 2.75) is 67.7 Å². The Morgan fingerprint density at radius 3 is 2.30 bits per heavy atom. The summed E-state index contributed by atoms with van der Waals surface area (Å²) in [7, 11) is -7.53. The third kappa shape index (κ3) is 7.03. The molecule has 30 heavy (non-hydrogen) atoms. The Kier molecular flexibility index (Phi) is 9.71. The summed E-state index contributed by atoms with van der Waals surface area (Å²) in [6.07, 6.45) is 5.36. The topological polar surface area (TPSA) is 117 Å². The van der Waals surface area contributed by atoms with Crippen molar-refractivity contribution in [3.8, 4) is 6.07 Å². The Labute approximate surface area is 180 Å². The van der Waals surface area contributed by atoms with Gasteiger partial charge in [0.15, 0.2) is 0 Å². The molecule has 0 bridgehead atoms. The van der Waals surface area contributed by atoms with Crippen molar-refractivity contribution in [1.82, 2.24) is 9.03 Å². The maximum Gasteiger partial charge on any atom is 0.243 e. The largest absolute Gasteiger partial charge is 0.382 e. The quantitative estimate of drug-likeness (QED) is 0.482. The molecule has 1 aromatic carbocycles. The van der Waals surface area contributed by atoms with Crippen LogP contribution in [0.25, 0.3) is 0 Å². The van der Waals surface area contributed by atoms with E-state index in [-0.39, 0.29) is 35.3 Å². The normalized spacial score (nSPS) is 15.9. The maximum atomic E-state index is 13.0. The lowest BCUT2D eigenvalue weighted by Crippen LogP contribution is -2.36. The number of hydrogen-bond acceptors (Lipinski definition) is 6. The zero-order valence-electron chi connectivity index (χ0n) is 17.4. The van der Waals surface area contributed by atoms with Gasteiger partial charge in [-0.1, -0.05) is 19.3 Å². The van der Waals surface area contributed by atoms with Crippen molar-refractivity contribution >= 4 is 20.0 Å². The van der Waals surface area contributed by atoms with E-state index in [0.29, 0.717) is 19.6 Å². The van der Waals surface area contributed by atoms with Crippen LogP contribution >= 0.6 is 0 Å². The van der Waals surface area contributed by atoms with Gasteiger partial charge in [0.2, 0.25) is 20.0 Å². The fraction of sp³-hybridized carbons (Fsp3) is 0.650. The van der Waals surface area contributed by atoms with Crippen LogP contribution in [0, 0.1) is 11.3 Å². The highest BCUT2D eigenvalue weighted by atomic mass is 32.2. The molecule has 10 heteroatoms. The second kappa shape index (κ2) is 11.8. The molecule has 1 aliphatic rings. The molecule has 1 saturated carbocycles. The zero-order valence-corrected chi connectivity index (χ0v) is 19.1. The monoisotopic (exact) mass is 457 g/mol. The first kappa shape index (κ1) is 24.8. The molecule has 2 rings (SSSR count). The van der Waals surface area contributed by atoms with E-state index >= 15 is 0 Å². The zero-order chi connectivity index (χ0) is 22.0. The predicted molar refractivity (Wildman–Crippen MR) is 114 cm³/mol. The summed E-state index contributed by atoms with van der Waals surface area (Å²) in [5.74, 6) is 0. The van der Waals surface area contributed by atoms with Crippen molar-refractivity contribution in [2.75, 3.05) is 26.3 Å². The molecule has 0 aromatic heterocycles. The van der Waals surface area contributed by atoms with Gasteiger partial charge in [-0.25, -0.2) is 21.6 Å². The minimum atomic E-state index is -3.84. The van der Waals surface area contributed by atoms with Gasteiger partial charge in [0.05, 0.1) is 15.9 Å². The highest BCUT2D eigenvalue weighted by Gasteiger charge is 2.26. The van der Waals surface area contributed by atoms with Gasteiger partial charge >= 0.3 is 0 Å². The number of ether oxygens (including phenoxy) is 1. The van der Waals surface area contributed by atoms with Crippen LogP contribution in [0.4, 0.5) is 0 Å². The lowest BCUT2D eigenvalue weighted by Gasteiger charge is -2.23. The molecule has 1 fully saturated rings. The van der Waals surface area contributed by atoms with Gasteiger partial charge in [0.1, 0.15) is 0 Å². The average molecular weight is 458 g/mol. The summed E-state index contributed by atoms with van der Waals surface area (Å²) in [6, 6.07) is 7.16. The highest BCUT2D eigenvalue weighted by Crippen LogP contribution is 2.22. The fourth-order valence-corrected chi connectivity index (χ4v) is 6.25. The van der Waals surface area contributed by atoms with E-state index in [1.54, 1.807) is 0 Å². The van der Waals surface area contributed by atoms with Crippen LogP contribution in [0.1, 0.15) is 51.9 Å². The van der Waals surface area contributed by atoms with Gasteiger partial charge in [0, 0.05) is 38.8 Å². The minimum Gasteiger partial charge on any atom is -0.382 e. The second-order valence-corrected chi connectivity index (χ2v) is 10.9. The number of nitrogens with one attached hydrogen (secondary N) is 1. The van der Waals surface area contributed by atoms with Gasteiger partial charge in [-0.3, -0.25) is 0 Å². The SMILES string of the molecule is CCOCCCN(CCC#N)S(=O)(=O)c1ccc(S(=O)(=O)NC2CCCCC2)cc1. The summed E-state index contributed by atoms with van der Waals surface area (Å²) in [6.45, 7) is 3.15. The standard InChI is InChI=1S/C20H31N3O5S2/c1-2-28-17-7-16-23(15-6-14-21)30(26,27)20-12-10-19(11-13-20)29(24,25)22-18-8-4-3-5-9-18/h10-13,18,22H,2-9,15-17H2,1H3. The number of hydrogen-bond donors (Lipinski definition) is 1. The fourth-order valence-electron chi connectivity index (χ4n) is 3.46. The van der Waals surface area contributed by atoms with E-state index in [2.05, 4.69) is 4.72 Å². The van der Waals surface area contributed by atoms with Gasteiger partial charge in [-0.05, 0) is 50.5 Å². The van der Waals surface area contributed by atoms with E-state index in [1.807, 2.05) is 13.0 Å². The second-order valence-electron chi connectivity index (χ2n) is 7.29. The van der Waals surface area contributed by atoms with Crippen LogP contribution in [-0.2, 0) is 24.8 Å². The first-order chi connectivity index (χ1) is 14.3. The molecule has 168 valence electrons. The lowest BCUT2D eigenvalue weighted by molar-refractivity contribution is 0.140. The summed E-state index contributed by atoms with van der Waals surface area (Å²) in [5, 5.41) is 8.85. The number of rotatable bonds is 12. The van der Waals surface area contributed by atoms with Crippen molar-refractivity contribution in [3.63, 3.8) is 0 Å². The predicted octanol–water partition coefficient (Wildman–Crippen LogP) is 2.63. The Hall–Kier alpha value is -1.51. The molecule has 0 atom stereocenters. The molecule has 1 aliphatic carbocycles. The van der Waals surface area contributed by atoms with E-state index in [0.717, 1.165) is 32.1 Å². The average Bonchev–Trinajstić information content (AvgIpc) is 2.73. The van der Waals surface area contributed by atoms with Crippen LogP contribution < -0.4 is 4.72 Å². The first-order valence-corrected chi connectivity index (χ1v) is 13.3. The smallest absolute Gasteiger partial charge is 0.243 e. The minimum absolute atomic E-state index is 0.00784. The third-order valence-electron chi connectivity index (χ3n) is 5.07. The van der Waals surface area contributed by atoms with Crippen molar-refractivity contribution in [1.29, 1.82) is 5.26 Å². The Morgan fingerprint density at radius 2 is 1.70 bits per heavy atom. The molecule has 8 nitrogen and oxygen atoms in total. The van der Waals surface area contributed by atoms with E-state index in [4.69, 9.17) is 10.00 Å². The first-order valence-electron chi connectivity index (χ1n) is 10.4. The summed E-state index contributed by atoms with van der Waals surface area (Å²) < 4.78 is 60.5. The van der Waals surface area contributed by atoms with Crippen LogP contribution in [-0.4, -0.2) is 53.5 Å². The third-order valence-corrected chi connectivity index (χ3v) is 8.52. The lowest BCUT2D eigenvalue weighted by atomic mass is 9.96. The molecule has 0 aliphatic heterocycles. The Morgan fingerprint density at radius 1 is 1.07 bits per heavy atom. The highest BCUT2D eigenvalue weighted by molar-refractivity contribution is 7.89. The molecule has 1 N–H and O–H groups in total. The molecule has 0 spiro atoms. The van der Waals surface area contributed by atoms with Crippen LogP contribution in [0.3, 0.4) is 0 Å². The summed E-state index contributed by atoms with van der Waals surface area (Å²) in [4.78, 5) is 0.0559. The van der Waals surface area contributed by atoms with Crippen molar-refractivity contribution in [3.05, 3.63) is 24.3 Å². The molecule has 0 unspecified atom stereocenters. The van der Waals surface area contributed by atoms with E-state index in [1.165, 1.54) is 28.6 Å². The van der Waals surface area contributed by atoms with E-state index < -0.39 is 20.0 Å². The molecule has 0 radical (unpaired) electrons. The molecular formula is C20H31N3O5S2. The Bertz CT molecular complexity index is 903. The number of nitrogens with zero attached hydrogens (tertiary/aromatic N) is 2. The molecule has 0 heterocycles. The Balaban J connectivity index is 2.13. The van der Waals surface area contributed by atoms with Crippen molar-refractivity contribution in [2.24, 2.45) is 0 Å². The van der Waals surface area contributed by atoms with E-state index in [9.17, 15) is 16.8 Å². The number of sulfonamides is 2. The van der Waals surface area contributed by atoms with Crippen LogP contribution in [0.15, 0.2) is 34.1 Å².